The van der Waals surface area contributed by atoms with Crippen LogP contribution < -0.4 is 5.32 Å². The highest BCUT2D eigenvalue weighted by atomic mass is 32.2. The van der Waals surface area contributed by atoms with E-state index in [1.807, 2.05) is 6.20 Å². The molecule has 0 saturated carbocycles. The Hall–Kier alpha value is -2.61. The fourth-order valence-electron chi connectivity index (χ4n) is 4.59. The second-order valence-electron chi connectivity index (χ2n) is 8.86. The van der Waals surface area contributed by atoms with E-state index >= 15 is 0 Å². The molecule has 1 atom stereocenters. The van der Waals surface area contributed by atoms with Crippen LogP contribution in [0.3, 0.4) is 0 Å². The molecule has 1 unspecified atom stereocenters. The van der Waals surface area contributed by atoms with Crippen LogP contribution in [0.2, 0.25) is 0 Å². The molecule has 34 heavy (non-hydrogen) atoms. The SMILES string of the molecule is CCCC(SCCCN1CCOCC1)c1ccc2ncnc(Nc3ccc4[nH]ccc4c3)c2c1. The second kappa shape index (κ2) is 11.2. The van der Waals surface area contributed by atoms with Crippen LogP contribution in [0.15, 0.2) is 55.0 Å². The molecule has 2 N–H and O–H groups in total. The number of aromatic nitrogens is 3. The van der Waals surface area contributed by atoms with Crippen LogP contribution >= 0.6 is 11.8 Å². The lowest BCUT2D eigenvalue weighted by Crippen LogP contribution is -2.37. The second-order valence-corrected chi connectivity index (χ2v) is 10.2. The van der Waals surface area contributed by atoms with Gasteiger partial charge < -0.3 is 15.0 Å². The number of morpholine rings is 1. The monoisotopic (exact) mass is 475 g/mol. The molecule has 178 valence electrons. The summed E-state index contributed by atoms with van der Waals surface area (Å²) in [6.45, 7) is 7.33. The molecule has 7 heteroatoms. The van der Waals surface area contributed by atoms with Gasteiger partial charge in [0, 0.05) is 46.5 Å². The lowest BCUT2D eigenvalue weighted by atomic mass is 10.1. The minimum atomic E-state index is 0.489. The average Bonchev–Trinajstić information content (AvgIpc) is 3.35. The number of anilines is 2. The van der Waals surface area contributed by atoms with Crippen LogP contribution in [-0.4, -0.2) is 58.5 Å². The quantitative estimate of drug-likeness (QED) is 0.268. The van der Waals surface area contributed by atoms with Crippen LogP contribution in [0.1, 0.15) is 37.0 Å². The van der Waals surface area contributed by atoms with Crippen molar-refractivity contribution in [2.24, 2.45) is 0 Å². The summed E-state index contributed by atoms with van der Waals surface area (Å²) in [5.74, 6) is 2.03. The third-order valence-corrected chi connectivity index (χ3v) is 7.87. The van der Waals surface area contributed by atoms with E-state index in [2.05, 4.69) is 86.3 Å². The van der Waals surface area contributed by atoms with Crippen molar-refractivity contribution in [2.45, 2.75) is 31.4 Å². The lowest BCUT2D eigenvalue weighted by molar-refractivity contribution is 0.0381. The molecule has 1 aliphatic rings. The minimum Gasteiger partial charge on any atom is -0.379 e. The maximum atomic E-state index is 5.47. The molecule has 5 rings (SSSR count). The van der Waals surface area contributed by atoms with E-state index in [-0.39, 0.29) is 0 Å². The largest absolute Gasteiger partial charge is 0.379 e. The molecule has 2 aromatic heterocycles. The lowest BCUT2D eigenvalue weighted by Gasteiger charge is -2.26. The Balaban J connectivity index is 1.31. The number of hydrogen-bond acceptors (Lipinski definition) is 6. The number of H-pyrrole nitrogens is 1. The first-order valence-electron chi connectivity index (χ1n) is 12.3. The summed E-state index contributed by atoms with van der Waals surface area (Å²) in [7, 11) is 0. The summed E-state index contributed by atoms with van der Waals surface area (Å²) in [5.41, 5.74) is 4.50. The highest BCUT2D eigenvalue weighted by molar-refractivity contribution is 7.99. The maximum absolute atomic E-state index is 5.47. The standard InChI is InChI=1S/C27H33N5OS/c1-2-4-26(34-16-3-11-32-12-14-33-15-13-32)21-5-7-25-23(18-21)27(30-19-29-25)31-22-6-8-24-20(17-22)9-10-28-24/h5-10,17-19,26,28H,2-4,11-16H2,1H3,(H,29,30,31). The Morgan fingerprint density at radius 1 is 1.12 bits per heavy atom. The van der Waals surface area contributed by atoms with E-state index in [0.717, 1.165) is 54.2 Å². The zero-order valence-electron chi connectivity index (χ0n) is 19.8. The van der Waals surface area contributed by atoms with Crippen molar-refractivity contribution in [3.63, 3.8) is 0 Å². The first-order chi connectivity index (χ1) is 16.8. The zero-order chi connectivity index (χ0) is 23.2. The highest BCUT2D eigenvalue weighted by Gasteiger charge is 2.15. The molecule has 3 heterocycles. The van der Waals surface area contributed by atoms with Crippen molar-refractivity contribution in [3.8, 4) is 0 Å². The summed E-state index contributed by atoms with van der Waals surface area (Å²) < 4.78 is 5.47. The number of benzene rings is 2. The van der Waals surface area contributed by atoms with E-state index < -0.39 is 0 Å². The normalized spacial score (nSPS) is 15.7. The Morgan fingerprint density at radius 3 is 2.91 bits per heavy atom. The van der Waals surface area contributed by atoms with Gasteiger partial charge in [0.25, 0.3) is 0 Å². The third-order valence-electron chi connectivity index (χ3n) is 6.44. The van der Waals surface area contributed by atoms with Gasteiger partial charge in [-0.2, -0.15) is 11.8 Å². The fourth-order valence-corrected chi connectivity index (χ4v) is 5.91. The van der Waals surface area contributed by atoms with Crippen molar-refractivity contribution in [1.29, 1.82) is 0 Å². The topological polar surface area (TPSA) is 66.1 Å². The van der Waals surface area contributed by atoms with Crippen LogP contribution in [0.5, 0.6) is 0 Å². The summed E-state index contributed by atoms with van der Waals surface area (Å²) in [5, 5.41) is 6.27. The molecule has 0 aliphatic carbocycles. The summed E-state index contributed by atoms with van der Waals surface area (Å²) in [6.07, 6.45) is 7.17. The van der Waals surface area contributed by atoms with Crippen molar-refractivity contribution >= 4 is 45.1 Å². The van der Waals surface area contributed by atoms with Gasteiger partial charge in [0.05, 0.1) is 18.7 Å². The summed E-state index contributed by atoms with van der Waals surface area (Å²) in [6, 6.07) is 15.1. The van der Waals surface area contributed by atoms with E-state index in [1.54, 1.807) is 6.33 Å². The number of nitrogens with zero attached hydrogens (tertiary/aromatic N) is 3. The van der Waals surface area contributed by atoms with E-state index in [1.165, 1.54) is 42.5 Å². The van der Waals surface area contributed by atoms with E-state index in [9.17, 15) is 0 Å². The third kappa shape index (κ3) is 5.54. The van der Waals surface area contributed by atoms with Gasteiger partial charge >= 0.3 is 0 Å². The van der Waals surface area contributed by atoms with Gasteiger partial charge in [0.1, 0.15) is 12.1 Å². The molecule has 1 fully saturated rings. The molecule has 1 saturated heterocycles. The van der Waals surface area contributed by atoms with Crippen molar-refractivity contribution < 1.29 is 4.74 Å². The molecule has 1 aliphatic heterocycles. The number of aromatic amines is 1. The number of thioether (sulfide) groups is 1. The number of ether oxygens (including phenoxy) is 1. The number of fused-ring (bicyclic) bond motifs is 2. The molecule has 2 aromatic carbocycles. The first-order valence-corrected chi connectivity index (χ1v) is 13.4. The average molecular weight is 476 g/mol. The van der Waals surface area contributed by atoms with E-state index in [4.69, 9.17) is 4.74 Å². The molecule has 0 bridgehead atoms. The molecule has 4 aromatic rings. The maximum Gasteiger partial charge on any atom is 0.141 e. The highest BCUT2D eigenvalue weighted by Crippen LogP contribution is 2.36. The van der Waals surface area contributed by atoms with Gasteiger partial charge in [-0.25, -0.2) is 9.97 Å². The van der Waals surface area contributed by atoms with E-state index in [0.29, 0.717) is 5.25 Å². The number of rotatable bonds is 10. The summed E-state index contributed by atoms with van der Waals surface area (Å²) >= 11 is 2.09. The van der Waals surface area contributed by atoms with Gasteiger partial charge in [0.15, 0.2) is 0 Å². The van der Waals surface area contributed by atoms with Crippen LogP contribution in [-0.2, 0) is 4.74 Å². The molecule has 0 radical (unpaired) electrons. The van der Waals surface area contributed by atoms with Gasteiger partial charge in [-0.3, -0.25) is 4.90 Å². The van der Waals surface area contributed by atoms with Crippen LogP contribution in [0, 0.1) is 0 Å². The first kappa shape index (κ1) is 23.1. The van der Waals surface area contributed by atoms with Gasteiger partial charge in [0.2, 0.25) is 0 Å². The predicted octanol–water partition coefficient (Wildman–Crippen LogP) is 6.15. The Bertz CT molecular complexity index is 1220. The van der Waals surface area contributed by atoms with Crippen LogP contribution in [0.25, 0.3) is 21.8 Å². The Morgan fingerprint density at radius 2 is 2.03 bits per heavy atom. The number of nitrogens with one attached hydrogen (secondary N) is 2. The smallest absolute Gasteiger partial charge is 0.141 e. The molecule has 6 nitrogen and oxygen atoms in total. The Kier molecular flexibility index (Phi) is 7.63. The van der Waals surface area contributed by atoms with Crippen molar-refractivity contribution in [1.82, 2.24) is 19.9 Å². The summed E-state index contributed by atoms with van der Waals surface area (Å²) in [4.78, 5) is 14.9. The minimum absolute atomic E-state index is 0.489. The molecular weight excluding hydrogens is 442 g/mol. The Labute approximate surface area is 205 Å². The number of hydrogen-bond donors (Lipinski definition) is 2. The van der Waals surface area contributed by atoms with Crippen molar-refractivity contribution in [3.05, 3.63) is 60.6 Å². The molecule has 0 spiro atoms. The van der Waals surface area contributed by atoms with Gasteiger partial charge in [-0.05, 0) is 67.1 Å². The van der Waals surface area contributed by atoms with Gasteiger partial charge in [-0.1, -0.05) is 19.4 Å². The zero-order valence-corrected chi connectivity index (χ0v) is 20.6. The van der Waals surface area contributed by atoms with Crippen LogP contribution in [0.4, 0.5) is 11.5 Å². The van der Waals surface area contributed by atoms with Gasteiger partial charge in [-0.15, -0.1) is 0 Å². The molecule has 0 amide bonds. The van der Waals surface area contributed by atoms with Crippen molar-refractivity contribution in [2.75, 3.05) is 43.9 Å². The predicted molar refractivity (Wildman–Crippen MR) is 143 cm³/mol. The molecular formula is C27H33N5OS. The fraction of sp³-hybridized carbons (Fsp3) is 0.407.